The van der Waals surface area contributed by atoms with Crippen molar-refractivity contribution in [2.75, 3.05) is 7.11 Å². The molecule has 0 radical (unpaired) electrons. The van der Waals surface area contributed by atoms with E-state index in [1.54, 1.807) is 12.1 Å². The molecule has 5 heteroatoms. The Morgan fingerprint density at radius 2 is 1.39 bits per heavy atom. The maximum Gasteiger partial charge on any atom is 0.340 e. The standard InChI is InChI=1S/C33H33NO4/c1-5-6-7-29-20-30(27-12-8-22(2)9-13-27)31(23(3)34-29)33(36)38-21-24-10-14-25(15-11-24)26-16-18-28(19-17-26)32(35)37-4/h8-20H,5-7,21H2,1-4H3. The van der Waals surface area contributed by atoms with Crippen LogP contribution in [0.2, 0.25) is 0 Å². The van der Waals surface area contributed by atoms with Crippen LogP contribution in [0.5, 0.6) is 0 Å². The van der Waals surface area contributed by atoms with E-state index >= 15 is 0 Å². The van der Waals surface area contributed by atoms with Gasteiger partial charge in [0.2, 0.25) is 0 Å². The van der Waals surface area contributed by atoms with Gasteiger partial charge in [0.05, 0.1) is 23.9 Å². The lowest BCUT2D eigenvalue weighted by atomic mass is 9.96. The van der Waals surface area contributed by atoms with E-state index in [2.05, 4.69) is 19.1 Å². The minimum atomic E-state index is -0.380. The zero-order valence-electron chi connectivity index (χ0n) is 22.4. The summed E-state index contributed by atoms with van der Waals surface area (Å²) in [4.78, 5) is 29.7. The fraction of sp³-hybridized carbons (Fsp3) is 0.242. The molecular formula is C33H33NO4. The second kappa shape index (κ2) is 12.3. The van der Waals surface area contributed by atoms with Crippen LogP contribution in [-0.4, -0.2) is 24.0 Å². The van der Waals surface area contributed by atoms with Crippen molar-refractivity contribution in [1.29, 1.82) is 0 Å². The third kappa shape index (κ3) is 6.35. The van der Waals surface area contributed by atoms with Crippen molar-refractivity contribution in [3.63, 3.8) is 0 Å². The zero-order chi connectivity index (χ0) is 27.1. The molecule has 38 heavy (non-hydrogen) atoms. The van der Waals surface area contributed by atoms with E-state index in [-0.39, 0.29) is 18.5 Å². The van der Waals surface area contributed by atoms with E-state index in [1.165, 1.54) is 7.11 Å². The number of benzene rings is 3. The molecule has 5 nitrogen and oxygen atoms in total. The third-order valence-corrected chi connectivity index (χ3v) is 6.57. The Morgan fingerprint density at radius 3 is 2.00 bits per heavy atom. The molecule has 0 amide bonds. The number of rotatable bonds is 9. The summed E-state index contributed by atoms with van der Waals surface area (Å²) in [6, 6.07) is 25.3. The highest BCUT2D eigenvalue weighted by Crippen LogP contribution is 2.29. The third-order valence-electron chi connectivity index (χ3n) is 6.57. The monoisotopic (exact) mass is 507 g/mol. The first-order chi connectivity index (χ1) is 18.4. The van der Waals surface area contributed by atoms with Gasteiger partial charge in [-0.25, -0.2) is 9.59 Å². The second-order valence-corrected chi connectivity index (χ2v) is 9.43. The highest BCUT2D eigenvalue weighted by Gasteiger charge is 2.20. The lowest BCUT2D eigenvalue weighted by Crippen LogP contribution is -2.11. The van der Waals surface area contributed by atoms with Crippen LogP contribution in [0, 0.1) is 13.8 Å². The molecule has 0 aliphatic rings. The highest BCUT2D eigenvalue weighted by molar-refractivity contribution is 5.98. The van der Waals surface area contributed by atoms with Crippen LogP contribution >= 0.6 is 0 Å². The van der Waals surface area contributed by atoms with E-state index < -0.39 is 0 Å². The Morgan fingerprint density at radius 1 is 0.789 bits per heavy atom. The van der Waals surface area contributed by atoms with Gasteiger partial charge >= 0.3 is 11.9 Å². The smallest absolute Gasteiger partial charge is 0.340 e. The number of unbranched alkanes of at least 4 members (excludes halogenated alkanes) is 1. The van der Waals surface area contributed by atoms with Crippen LogP contribution in [0.3, 0.4) is 0 Å². The highest BCUT2D eigenvalue weighted by atomic mass is 16.5. The van der Waals surface area contributed by atoms with Crippen LogP contribution in [0.25, 0.3) is 22.3 Å². The van der Waals surface area contributed by atoms with E-state index in [9.17, 15) is 9.59 Å². The van der Waals surface area contributed by atoms with Crippen LogP contribution in [-0.2, 0) is 22.5 Å². The quantitative estimate of drug-likeness (QED) is 0.219. The number of hydrogen-bond acceptors (Lipinski definition) is 5. The first-order valence-electron chi connectivity index (χ1n) is 12.9. The lowest BCUT2D eigenvalue weighted by molar-refractivity contribution is 0.0471. The van der Waals surface area contributed by atoms with Gasteiger partial charge in [0.25, 0.3) is 0 Å². The molecule has 0 aliphatic heterocycles. The molecule has 1 heterocycles. The van der Waals surface area contributed by atoms with Crippen molar-refractivity contribution in [2.45, 2.75) is 46.6 Å². The number of esters is 2. The number of carbonyl (C=O) groups excluding carboxylic acids is 2. The number of ether oxygens (including phenoxy) is 2. The molecule has 0 N–H and O–H groups in total. The fourth-order valence-electron chi connectivity index (χ4n) is 4.37. The summed E-state index contributed by atoms with van der Waals surface area (Å²) >= 11 is 0. The van der Waals surface area contributed by atoms with Crippen LogP contribution in [0.4, 0.5) is 0 Å². The van der Waals surface area contributed by atoms with E-state index in [0.717, 1.165) is 58.3 Å². The molecular weight excluding hydrogens is 474 g/mol. The molecule has 0 saturated carbocycles. The summed E-state index contributed by atoms with van der Waals surface area (Å²) in [6.07, 6.45) is 3.01. The molecule has 0 fully saturated rings. The lowest BCUT2D eigenvalue weighted by Gasteiger charge is -2.15. The molecule has 194 valence electrons. The number of hydrogen-bond donors (Lipinski definition) is 0. The fourth-order valence-corrected chi connectivity index (χ4v) is 4.37. The van der Waals surface area contributed by atoms with E-state index in [0.29, 0.717) is 16.8 Å². The van der Waals surface area contributed by atoms with Crippen molar-refractivity contribution in [2.24, 2.45) is 0 Å². The second-order valence-electron chi connectivity index (χ2n) is 9.43. The average molecular weight is 508 g/mol. The van der Waals surface area contributed by atoms with Crippen molar-refractivity contribution in [1.82, 2.24) is 4.98 Å². The van der Waals surface area contributed by atoms with Gasteiger partial charge in [0.1, 0.15) is 6.61 Å². The molecule has 0 aliphatic carbocycles. The average Bonchev–Trinajstić information content (AvgIpc) is 2.95. The molecule has 3 aromatic carbocycles. The summed E-state index contributed by atoms with van der Waals surface area (Å²) in [6.45, 7) is 6.24. The molecule has 0 bridgehead atoms. The summed E-state index contributed by atoms with van der Waals surface area (Å²) < 4.78 is 10.5. The molecule has 0 spiro atoms. The molecule has 0 saturated heterocycles. The maximum atomic E-state index is 13.3. The molecule has 1 aromatic heterocycles. The Bertz CT molecular complexity index is 1410. The SMILES string of the molecule is CCCCc1cc(-c2ccc(C)cc2)c(C(=O)OCc2ccc(-c3ccc(C(=O)OC)cc3)cc2)c(C)n1. The largest absolute Gasteiger partial charge is 0.465 e. The van der Waals surface area contributed by atoms with Crippen LogP contribution in [0.1, 0.15) is 63.0 Å². The zero-order valence-corrected chi connectivity index (χ0v) is 22.4. The number of aryl methyl sites for hydroxylation is 3. The summed E-state index contributed by atoms with van der Waals surface area (Å²) in [5.41, 5.74) is 8.57. The van der Waals surface area contributed by atoms with E-state index in [4.69, 9.17) is 14.5 Å². The first-order valence-corrected chi connectivity index (χ1v) is 12.9. The Balaban J connectivity index is 1.51. The van der Waals surface area contributed by atoms with E-state index in [1.807, 2.05) is 68.4 Å². The molecule has 0 atom stereocenters. The predicted octanol–water partition coefficient (Wildman–Crippen LogP) is 7.52. The molecule has 4 aromatic rings. The van der Waals surface area contributed by atoms with Gasteiger partial charge in [-0.2, -0.15) is 0 Å². The van der Waals surface area contributed by atoms with Gasteiger partial charge < -0.3 is 9.47 Å². The van der Waals surface area contributed by atoms with Gasteiger partial charge in [-0.3, -0.25) is 4.98 Å². The van der Waals surface area contributed by atoms with Gasteiger partial charge in [-0.15, -0.1) is 0 Å². The summed E-state index contributed by atoms with van der Waals surface area (Å²) in [5.74, 6) is -0.740. The number of aromatic nitrogens is 1. The first kappa shape index (κ1) is 26.8. The van der Waals surface area contributed by atoms with Crippen molar-refractivity contribution in [3.8, 4) is 22.3 Å². The minimum absolute atomic E-state index is 0.157. The molecule has 0 unspecified atom stereocenters. The normalized spacial score (nSPS) is 10.7. The van der Waals surface area contributed by atoms with Gasteiger partial charge in [-0.05, 0) is 72.7 Å². The minimum Gasteiger partial charge on any atom is -0.465 e. The molecule has 4 rings (SSSR count). The van der Waals surface area contributed by atoms with Gasteiger partial charge in [0, 0.05) is 5.69 Å². The van der Waals surface area contributed by atoms with Crippen LogP contribution < -0.4 is 0 Å². The Kier molecular flexibility index (Phi) is 8.70. The number of methoxy groups -OCH3 is 1. The van der Waals surface area contributed by atoms with Crippen LogP contribution in [0.15, 0.2) is 78.9 Å². The summed E-state index contributed by atoms with van der Waals surface area (Å²) in [7, 11) is 1.37. The topological polar surface area (TPSA) is 65.5 Å². The summed E-state index contributed by atoms with van der Waals surface area (Å²) in [5, 5.41) is 0. The number of carbonyl (C=O) groups is 2. The predicted molar refractivity (Wildman–Crippen MR) is 150 cm³/mol. The van der Waals surface area contributed by atoms with Gasteiger partial charge in [-0.1, -0.05) is 79.6 Å². The van der Waals surface area contributed by atoms with Crippen molar-refractivity contribution < 1.29 is 19.1 Å². The number of nitrogens with zero attached hydrogens (tertiary/aromatic N) is 1. The van der Waals surface area contributed by atoms with Crippen molar-refractivity contribution in [3.05, 3.63) is 113 Å². The van der Waals surface area contributed by atoms with Crippen molar-refractivity contribution >= 4 is 11.9 Å². The Labute approximate surface area is 224 Å². The maximum absolute atomic E-state index is 13.3. The number of pyridine rings is 1. The Hall–Kier alpha value is -4.25. The van der Waals surface area contributed by atoms with Gasteiger partial charge in [0.15, 0.2) is 0 Å².